The van der Waals surface area contributed by atoms with Crippen molar-refractivity contribution in [1.82, 2.24) is 29.1 Å². The summed E-state index contributed by atoms with van der Waals surface area (Å²) >= 11 is 0. The predicted octanol–water partition coefficient (Wildman–Crippen LogP) is 2.17. The number of imidazole rings is 1. The largest absolute Gasteiger partial charge is 0.453 e. The van der Waals surface area contributed by atoms with Gasteiger partial charge >= 0.3 is 6.18 Å². The van der Waals surface area contributed by atoms with E-state index in [0.717, 1.165) is 17.5 Å². The maximum absolute atomic E-state index is 12.8. The van der Waals surface area contributed by atoms with Crippen LogP contribution in [0, 0.1) is 6.92 Å². The fourth-order valence-corrected chi connectivity index (χ4v) is 2.38. The molecule has 7 nitrogen and oxygen atoms in total. The van der Waals surface area contributed by atoms with Crippen LogP contribution in [0.3, 0.4) is 0 Å². The number of alkyl halides is 3. The van der Waals surface area contributed by atoms with Crippen molar-refractivity contribution in [2.45, 2.75) is 26.1 Å². The van der Waals surface area contributed by atoms with Gasteiger partial charge in [0.05, 0.1) is 6.33 Å². The molecular weight excluding hydrogens is 323 g/mol. The van der Waals surface area contributed by atoms with Crippen LogP contribution >= 0.6 is 0 Å². The van der Waals surface area contributed by atoms with Gasteiger partial charge in [0.25, 0.3) is 11.6 Å². The molecule has 3 aromatic heterocycles. The van der Waals surface area contributed by atoms with Crippen LogP contribution in [-0.2, 0) is 12.7 Å². The molecule has 0 aliphatic rings. The Morgan fingerprint density at radius 3 is 2.71 bits per heavy atom. The standard InChI is InChI=1S/C14H16F3N7/c1-10-8-11(22(2)5-3-6-23-7-4-18-9-23)24-13(19-10)20-12(21-24)14(15,16)17/h4,7-9H,3,5-6H2,1-2H3. The highest BCUT2D eigenvalue weighted by Crippen LogP contribution is 2.27. The molecular formula is C14H16F3N7. The molecule has 3 aromatic rings. The van der Waals surface area contributed by atoms with Crippen molar-refractivity contribution < 1.29 is 13.2 Å². The first kappa shape index (κ1) is 16.2. The van der Waals surface area contributed by atoms with E-state index >= 15 is 0 Å². The lowest BCUT2D eigenvalue weighted by molar-refractivity contribution is -0.144. The molecule has 3 heterocycles. The fraction of sp³-hybridized carbons (Fsp3) is 0.429. The molecule has 0 saturated heterocycles. The molecule has 0 radical (unpaired) electrons. The van der Waals surface area contributed by atoms with Crippen molar-refractivity contribution in [3.63, 3.8) is 0 Å². The van der Waals surface area contributed by atoms with Crippen LogP contribution in [0.25, 0.3) is 5.78 Å². The van der Waals surface area contributed by atoms with Crippen LogP contribution in [0.15, 0.2) is 24.8 Å². The van der Waals surface area contributed by atoms with Crippen molar-refractivity contribution in [2.24, 2.45) is 0 Å². The number of nitrogens with zero attached hydrogens (tertiary/aromatic N) is 7. The first-order chi connectivity index (χ1) is 11.3. The lowest BCUT2D eigenvalue weighted by atomic mass is 10.3. The van der Waals surface area contributed by atoms with Crippen molar-refractivity contribution in [3.05, 3.63) is 36.3 Å². The highest BCUT2D eigenvalue weighted by Gasteiger charge is 2.37. The number of halogens is 3. The Labute approximate surface area is 135 Å². The monoisotopic (exact) mass is 339 g/mol. The Morgan fingerprint density at radius 1 is 1.25 bits per heavy atom. The van der Waals surface area contributed by atoms with E-state index in [4.69, 9.17) is 0 Å². The Hall–Kier alpha value is -2.65. The van der Waals surface area contributed by atoms with Gasteiger partial charge in [-0.15, -0.1) is 5.10 Å². The van der Waals surface area contributed by atoms with E-state index in [1.165, 1.54) is 0 Å². The first-order valence-corrected chi connectivity index (χ1v) is 7.33. The quantitative estimate of drug-likeness (QED) is 0.713. The summed E-state index contributed by atoms with van der Waals surface area (Å²) in [7, 11) is 1.80. The van der Waals surface area contributed by atoms with Crippen LogP contribution in [0.4, 0.5) is 19.0 Å². The summed E-state index contributed by atoms with van der Waals surface area (Å²) in [6.07, 6.45) is 1.49. The maximum Gasteiger partial charge on any atom is 0.453 e. The summed E-state index contributed by atoms with van der Waals surface area (Å²) in [5, 5.41) is 3.57. The van der Waals surface area contributed by atoms with Gasteiger partial charge < -0.3 is 9.47 Å². The van der Waals surface area contributed by atoms with E-state index < -0.39 is 12.0 Å². The number of hydrogen-bond donors (Lipinski definition) is 0. The number of aryl methyl sites for hydroxylation is 2. The van der Waals surface area contributed by atoms with Crippen molar-refractivity contribution in [3.8, 4) is 0 Å². The fourth-order valence-electron chi connectivity index (χ4n) is 2.38. The predicted molar refractivity (Wildman–Crippen MR) is 80.6 cm³/mol. The Morgan fingerprint density at radius 2 is 2.04 bits per heavy atom. The first-order valence-electron chi connectivity index (χ1n) is 7.33. The number of rotatable bonds is 5. The molecule has 0 unspecified atom stereocenters. The lowest BCUT2D eigenvalue weighted by Crippen LogP contribution is -2.23. The molecule has 0 fully saturated rings. The SMILES string of the molecule is Cc1cc(N(C)CCCn2ccnc2)n2nc(C(F)(F)F)nc2n1. The van der Waals surface area contributed by atoms with Gasteiger partial charge in [0.2, 0.25) is 0 Å². The molecule has 0 aromatic carbocycles. The summed E-state index contributed by atoms with van der Waals surface area (Å²) in [6.45, 7) is 3.12. The van der Waals surface area contributed by atoms with E-state index in [1.54, 1.807) is 32.6 Å². The van der Waals surface area contributed by atoms with Gasteiger partial charge in [-0.2, -0.15) is 22.7 Å². The number of aromatic nitrogens is 6. The molecule has 0 aliphatic heterocycles. The Bertz CT molecular complexity index is 823. The molecule has 3 rings (SSSR count). The smallest absolute Gasteiger partial charge is 0.359 e. The van der Waals surface area contributed by atoms with Gasteiger partial charge in [-0.25, -0.2) is 9.97 Å². The molecule has 0 atom stereocenters. The van der Waals surface area contributed by atoms with Crippen molar-refractivity contribution in [2.75, 3.05) is 18.5 Å². The topological polar surface area (TPSA) is 64.1 Å². The second-order valence-electron chi connectivity index (χ2n) is 5.48. The highest BCUT2D eigenvalue weighted by atomic mass is 19.4. The van der Waals surface area contributed by atoms with E-state index in [2.05, 4.69) is 20.1 Å². The number of fused-ring (bicyclic) bond motifs is 1. The zero-order chi connectivity index (χ0) is 17.3. The zero-order valence-electron chi connectivity index (χ0n) is 13.2. The van der Waals surface area contributed by atoms with Crippen LogP contribution in [0.1, 0.15) is 17.9 Å². The van der Waals surface area contributed by atoms with E-state index in [-0.39, 0.29) is 5.78 Å². The zero-order valence-corrected chi connectivity index (χ0v) is 13.2. The van der Waals surface area contributed by atoms with Gasteiger partial charge in [-0.1, -0.05) is 0 Å². The molecule has 0 bridgehead atoms. The van der Waals surface area contributed by atoms with E-state index in [9.17, 15) is 13.2 Å². The number of hydrogen-bond acceptors (Lipinski definition) is 5. The molecule has 0 saturated carbocycles. The summed E-state index contributed by atoms with van der Waals surface area (Å²) in [6, 6.07) is 1.69. The maximum atomic E-state index is 12.8. The van der Waals surface area contributed by atoms with Crippen molar-refractivity contribution in [1.29, 1.82) is 0 Å². The summed E-state index contributed by atoms with van der Waals surface area (Å²) in [5.74, 6) is -0.724. The van der Waals surface area contributed by atoms with E-state index in [1.807, 2.05) is 15.7 Å². The summed E-state index contributed by atoms with van der Waals surface area (Å²) in [5.41, 5.74) is 0.583. The molecule has 24 heavy (non-hydrogen) atoms. The van der Waals surface area contributed by atoms with Gasteiger partial charge in [0.15, 0.2) is 0 Å². The molecule has 10 heteroatoms. The minimum Gasteiger partial charge on any atom is -0.359 e. The molecule has 128 valence electrons. The van der Waals surface area contributed by atoms with Gasteiger partial charge in [-0.05, 0) is 13.3 Å². The lowest BCUT2D eigenvalue weighted by Gasteiger charge is -2.20. The van der Waals surface area contributed by atoms with Crippen LogP contribution in [0.2, 0.25) is 0 Å². The van der Waals surface area contributed by atoms with Crippen LogP contribution in [0.5, 0.6) is 0 Å². The van der Waals surface area contributed by atoms with Crippen LogP contribution < -0.4 is 4.90 Å². The average Bonchev–Trinajstić information content (AvgIpc) is 3.14. The Balaban J connectivity index is 1.83. The van der Waals surface area contributed by atoms with Gasteiger partial charge in [-0.3, -0.25) is 0 Å². The Kier molecular flexibility index (Phi) is 4.12. The average molecular weight is 339 g/mol. The van der Waals surface area contributed by atoms with E-state index in [0.29, 0.717) is 18.1 Å². The molecule has 0 N–H and O–H groups in total. The third-order valence-electron chi connectivity index (χ3n) is 3.54. The normalized spacial score (nSPS) is 12.0. The highest BCUT2D eigenvalue weighted by molar-refractivity contribution is 5.47. The van der Waals surface area contributed by atoms with Gasteiger partial charge in [0.1, 0.15) is 5.82 Å². The molecule has 0 amide bonds. The molecule has 0 aliphatic carbocycles. The molecule has 0 spiro atoms. The van der Waals surface area contributed by atoms with Crippen molar-refractivity contribution >= 4 is 11.6 Å². The number of anilines is 1. The minimum atomic E-state index is -4.60. The summed E-state index contributed by atoms with van der Waals surface area (Å²) in [4.78, 5) is 13.3. The van der Waals surface area contributed by atoms with Gasteiger partial charge in [0, 0.05) is 44.3 Å². The second kappa shape index (κ2) is 6.10. The second-order valence-corrected chi connectivity index (χ2v) is 5.48. The minimum absolute atomic E-state index is 0.0567. The summed E-state index contributed by atoms with van der Waals surface area (Å²) < 4.78 is 41.6. The third kappa shape index (κ3) is 3.31. The van der Waals surface area contributed by atoms with Crippen LogP contribution in [-0.4, -0.2) is 42.7 Å². The third-order valence-corrected chi connectivity index (χ3v) is 3.54.